The molecule has 184 valence electrons. The number of aromatic nitrogens is 5. The Balaban J connectivity index is 1.68. The third kappa shape index (κ3) is 4.47. The Hall–Kier alpha value is -3.12. The molecule has 1 fully saturated rings. The lowest BCUT2D eigenvalue weighted by Gasteiger charge is -2.15. The molecule has 0 radical (unpaired) electrons. The van der Waals surface area contributed by atoms with Crippen molar-refractivity contribution in [2.24, 2.45) is 12.5 Å². The molecule has 5 rings (SSSR count). The van der Waals surface area contributed by atoms with E-state index in [0.29, 0.717) is 23.9 Å². The van der Waals surface area contributed by atoms with Gasteiger partial charge < -0.3 is 0 Å². The zero-order valence-corrected chi connectivity index (χ0v) is 20.9. The van der Waals surface area contributed by atoms with E-state index in [1.165, 1.54) is 34.3 Å². The van der Waals surface area contributed by atoms with Gasteiger partial charge in [0.25, 0.3) is 5.56 Å². The van der Waals surface area contributed by atoms with Gasteiger partial charge >= 0.3 is 5.69 Å². The normalized spacial score (nSPS) is 15.1. The van der Waals surface area contributed by atoms with Gasteiger partial charge in [0.05, 0.1) is 53.2 Å². The molecule has 0 amide bonds. The van der Waals surface area contributed by atoms with Gasteiger partial charge in [-0.2, -0.15) is 9.47 Å². The zero-order chi connectivity index (χ0) is 25.0. The zero-order valence-electron chi connectivity index (χ0n) is 19.3. The summed E-state index contributed by atoms with van der Waals surface area (Å²) in [6.07, 6.45) is 4.34. The number of fused-ring (bicyclic) bond motifs is 1. The molecule has 0 aliphatic heterocycles. The standard InChI is InChI=1S/C23H24FN5O4S2/c1-15-7-17(34-26-15)12-28-20-4-3-18(35(32,33)14-23(13-24)5-6-23)8-19(20)21(30)29(22(28)31)11-16-9-25-27(2)10-16/h3-4,7-10H,5-6,11-14H2,1-2H3. The number of sulfone groups is 1. The Kier molecular flexibility index (Phi) is 5.75. The average Bonchev–Trinajstić information content (AvgIpc) is 3.26. The van der Waals surface area contributed by atoms with Crippen LogP contribution in [0.25, 0.3) is 10.9 Å². The van der Waals surface area contributed by atoms with Gasteiger partial charge in [0.1, 0.15) is 0 Å². The van der Waals surface area contributed by atoms with Crippen LogP contribution < -0.4 is 11.2 Å². The van der Waals surface area contributed by atoms with E-state index in [-0.39, 0.29) is 29.1 Å². The number of benzene rings is 1. The van der Waals surface area contributed by atoms with Crippen LogP contribution in [0.1, 0.15) is 29.0 Å². The summed E-state index contributed by atoms with van der Waals surface area (Å²) in [4.78, 5) is 27.7. The first-order chi connectivity index (χ1) is 16.6. The van der Waals surface area contributed by atoms with Crippen molar-refractivity contribution in [3.05, 3.63) is 73.6 Å². The van der Waals surface area contributed by atoms with E-state index in [1.54, 1.807) is 24.1 Å². The van der Waals surface area contributed by atoms with Crippen LogP contribution in [0.3, 0.4) is 0 Å². The van der Waals surface area contributed by atoms with Gasteiger partial charge in [-0.3, -0.25) is 23.0 Å². The van der Waals surface area contributed by atoms with E-state index in [1.807, 2.05) is 13.0 Å². The van der Waals surface area contributed by atoms with Gasteiger partial charge in [0.15, 0.2) is 9.84 Å². The molecule has 0 atom stereocenters. The number of aryl methyl sites for hydroxylation is 2. The second-order valence-electron chi connectivity index (χ2n) is 9.29. The van der Waals surface area contributed by atoms with Crippen molar-refractivity contribution in [3.8, 4) is 0 Å². The van der Waals surface area contributed by atoms with Crippen molar-refractivity contribution < 1.29 is 12.8 Å². The molecule has 12 heteroatoms. The Morgan fingerprint density at radius 1 is 1.14 bits per heavy atom. The molecule has 1 aliphatic rings. The largest absolute Gasteiger partial charge is 0.332 e. The maximum Gasteiger partial charge on any atom is 0.332 e. The van der Waals surface area contributed by atoms with Gasteiger partial charge in [-0.05, 0) is 55.6 Å². The summed E-state index contributed by atoms with van der Waals surface area (Å²) in [6.45, 7) is 1.34. The molecule has 0 N–H and O–H groups in total. The Morgan fingerprint density at radius 2 is 1.91 bits per heavy atom. The van der Waals surface area contributed by atoms with Crippen LogP contribution in [0, 0.1) is 12.3 Å². The summed E-state index contributed by atoms with van der Waals surface area (Å²) in [6, 6.07) is 6.06. The highest BCUT2D eigenvalue weighted by atomic mass is 32.2. The van der Waals surface area contributed by atoms with E-state index >= 15 is 0 Å². The molecule has 0 spiro atoms. The fourth-order valence-corrected chi connectivity index (χ4v) is 6.89. The van der Waals surface area contributed by atoms with Gasteiger partial charge in [-0.25, -0.2) is 13.2 Å². The Bertz CT molecular complexity index is 1660. The molecule has 0 saturated heterocycles. The number of nitrogens with zero attached hydrogens (tertiary/aromatic N) is 5. The maximum atomic E-state index is 13.5. The SMILES string of the molecule is Cc1cc(Cn2c(=O)n(Cc3cnn(C)c3)c(=O)c3cc(S(=O)(=O)CC4(CF)CC4)ccc32)sn1. The maximum absolute atomic E-state index is 13.5. The smallest absolute Gasteiger partial charge is 0.288 e. The topological polar surface area (TPSA) is 109 Å². The highest BCUT2D eigenvalue weighted by Crippen LogP contribution is 2.47. The van der Waals surface area contributed by atoms with Crippen LogP contribution in [0.5, 0.6) is 0 Å². The van der Waals surface area contributed by atoms with E-state index in [2.05, 4.69) is 9.47 Å². The molecule has 3 heterocycles. The van der Waals surface area contributed by atoms with Crippen molar-refractivity contribution in [3.63, 3.8) is 0 Å². The molecule has 4 aromatic rings. The minimum Gasteiger partial charge on any atom is -0.288 e. The van der Waals surface area contributed by atoms with Crippen LogP contribution in [0.4, 0.5) is 4.39 Å². The fourth-order valence-electron chi connectivity index (χ4n) is 4.25. The Morgan fingerprint density at radius 3 is 2.51 bits per heavy atom. The molecule has 1 aliphatic carbocycles. The van der Waals surface area contributed by atoms with Crippen molar-refractivity contribution in [1.29, 1.82) is 0 Å². The van der Waals surface area contributed by atoms with Crippen LogP contribution in [0.15, 0.2) is 51.1 Å². The number of halogens is 1. The van der Waals surface area contributed by atoms with E-state index in [9.17, 15) is 22.4 Å². The van der Waals surface area contributed by atoms with Crippen LogP contribution in [-0.4, -0.2) is 44.1 Å². The first-order valence-corrected chi connectivity index (χ1v) is 13.5. The predicted octanol–water partition coefficient (Wildman–Crippen LogP) is 2.28. The third-order valence-electron chi connectivity index (χ3n) is 6.38. The van der Waals surface area contributed by atoms with Crippen molar-refractivity contribution in [2.75, 3.05) is 12.4 Å². The summed E-state index contributed by atoms with van der Waals surface area (Å²) in [5.41, 5.74) is -0.109. The second-order valence-corrected chi connectivity index (χ2v) is 12.2. The van der Waals surface area contributed by atoms with E-state index < -0.39 is 33.2 Å². The molecule has 3 aromatic heterocycles. The first kappa shape index (κ1) is 23.6. The molecule has 1 aromatic carbocycles. The lowest BCUT2D eigenvalue weighted by Crippen LogP contribution is -2.40. The summed E-state index contributed by atoms with van der Waals surface area (Å²) in [5.74, 6) is -0.300. The van der Waals surface area contributed by atoms with Crippen LogP contribution >= 0.6 is 11.5 Å². The second kappa shape index (κ2) is 8.52. The molecule has 0 bridgehead atoms. The van der Waals surface area contributed by atoms with Gasteiger partial charge in [-0.15, -0.1) is 0 Å². The minimum absolute atomic E-state index is 0.00882. The van der Waals surface area contributed by atoms with Crippen LogP contribution in [-0.2, 0) is 30.0 Å². The van der Waals surface area contributed by atoms with Crippen molar-refractivity contribution in [1.82, 2.24) is 23.3 Å². The highest BCUT2D eigenvalue weighted by Gasteiger charge is 2.46. The number of alkyl halides is 1. The summed E-state index contributed by atoms with van der Waals surface area (Å²) < 4.78 is 47.9. The molecular formula is C23H24FN5O4S2. The molecular weight excluding hydrogens is 493 g/mol. The van der Waals surface area contributed by atoms with Crippen molar-refractivity contribution >= 4 is 32.3 Å². The van der Waals surface area contributed by atoms with E-state index in [4.69, 9.17) is 0 Å². The minimum atomic E-state index is -3.82. The molecule has 0 unspecified atom stereocenters. The summed E-state index contributed by atoms with van der Waals surface area (Å²) in [5, 5.41) is 4.21. The summed E-state index contributed by atoms with van der Waals surface area (Å²) in [7, 11) is -2.09. The van der Waals surface area contributed by atoms with Crippen LogP contribution in [0.2, 0.25) is 0 Å². The third-order valence-corrected chi connectivity index (χ3v) is 9.21. The summed E-state index contributed by atoms with van der Waals surface area (Å²) >= 11 is 1.26. The number of rotatable bonds is 8. The van der Waals surface area contributed by atoms with Crippen molar-refractivity contribution in [2.45, 2.75) is 37.8 Å². The quantitative estimate of drug-likeness (QED) is 0.355. The Labute approximate surface area is 204 Å². The van der Waals surface area contributed by atoms with E-state index in [0.717, 1.165) is 15.1 Å². The molecule has 35 heavy (non-hydrogen) atoms. The highest BCUT2D eigenvalue weighted by molar-refractivity contribution is 7.91. The lowest BCUT2D eigenvalue weighted by atomic mass is 10.2. The monoisotopic (exact) mass is 517 g/mol. The van der Waals surface area contributed by atoms with Gasteiger partial charge in [-0.1, -0.05) is 0 Å². The predicted molar refractivity (Wildman–Crippen MR) is 130 cm³/mol. The molecule has 1 saturated carbocycles. The van der Waals surface area contributed by atoms with Gasteiger partial charge in [0, 0.05) is 29.1 Å². The molecule has 9 nitrogen and oxygen atoms in total. The first-order valence-electron chi connectivity index (χ1n) is 11.1. The number of hydrogen-bond acceptors (Lipinski definition) is 7. The average molecular weight is 518 g/mol. The fraction of sp³-hybridized carbons (Fsp3) is 0.391. The lowest BCUT2D eigenvalue weighted by molar-refractivity contribution is 0.367. The number of hydrogen-bond donors (Lipinski definition) is 0. The van der Waals surface area contributed by atoms with Gasteiger partial charge in [0.2, 0.25) is 0 Å².